The first-order valence-corrected chi connectivity index (χ1v) is 7.69. The average Bonchev–Trinajstić information content (AvgIpc) is 3.19. The monoisotopic (exact) mass is 301 g/mol. The minimum atomic E-state index is 0.665. The lowest BCUT2D eigenvalue weighted by molar-refractivity contribution is 0.173. The minimum absolute atomic E-state index is 0.665. The molecule has 0 N–H and O–H groups in total. The summed E-state index contributed by atoms with van der Waals surface area (Å²) in [4.78, 5) is 2.34. The summed E-state index contributed by atoms with van der Waals surface area (Å²) in [7, 11) is 3.83. The Morgan fingerprint density at radius 1 is 1.45 bits per heavy atom. The van der Waals surface area contributed by atoms with Gasteiger partial charge < -0.3 is 14.4 Å². The van der Waals surface area contributed by atoms with Crippen molar-refractivity contribution in [3.05, 3.63) is 42.2 Å². The van der Waals surface area contributed by atoms with E-state index in [1.54, 1.807) is 7.11 Å². The van der Waals surface area contributed by atoms with Gasteiger partial charge in [0.25, 0.3) is 0 Å². The van der Waals surface area contributed by atoms with Crippen LogP contribution in [0.3, 0.4) is 0 Å². The summed E-state index contributed by atoms with van der Waals surface area (Å²) < 4.78 is 12.6. The Balaban J connectivity index is 1.62. The first-order chi connectivity index (χ1) is 10.7. The van der Waals surface area contributed by atoms with Gasteiger partial charge in [0.1, 0.15) is 5.75 Å². The van der Waals surface area contributed by atoms with E-state index in [9.17, 15) is 0 Å². The third kappa shape index (κ3) is 3.67. The molecule has 1 aliphatic heterocycles. The highest BCUT2D eigenvalue weighted by molar-refractivity contribution is 5.38. The highest BCUT2D eigenvalue weighted by Gasteiger charge is 2.17. The van der Waals surface area contributed by atoms with Crippen LogP contribution in [-0.4, -0.2) is 48.6 Å². The molecule has 118 valence electrons. The summed E-state index contributed by atoms with van der Waals surface area (Å²) in [5.74, 6) is 1.51. The molecule has 5 heteroatoms. The van der Waals surface area contributed by atoms with Crippen molar-refractivity contribution in [1.82, 2.24) is 14.7 Å². The summed E-state index contributed by atoms with van der Waals surface area (Å²) in [5.41, 5.74) is 2.22. The number of methoxy groups -OCH3 is 1. The number of rotatable bonds is 6. The molecule has 0 spiro atoms. The van der Waals surface area contributed by atoms with Gasteiger partial charge in [-0.1, -0.05) is 6.07 Å². The molecular formula is C17H23N3O2. The third-order valence-corrected chi connectivity index (χ3v) is 4.00. The molecule has 2 heterocycles. The molecule has 1 saturated heterocycles. The van der Waals surface area contributed by atoms with Crippen LogP contribution in [0.5, 0.6) is 5.75 Å². The molecule has 0 radical (unpaired) electrons. The Labute approximate surface area is 131 Å². The van der Waals surface area contributed by atoms with Gasteiger partial charge in [-0.05, 0) is 31.5 Å². The number of benzene rings is 1. The van der Waals surface area contributed by atoms with Gasteiger partial charge in [-0.15, -0.1) is 0 Å². The van der Waals surface area contributed by atoms with Crippen molar-refractivity contribution in [2.24, 2.45) is 5.92 Å². The summed E-state index contributed by atoms with van der Waals surface area (Å²) in [6.07, 6.45) is 5.19. The van der Waals surface area contributed by atoms with Crippen LogP contribution in [-0.2, 0) is 11.3 Å². The molecule has 0 bridgehead atoms. The lowest BCUT2D eigenvalue weighted by Gasteiger charge is -2.18. The molecule has 3 rings (SSSR count). The molecule has 0 amide bonds. The maximum Gasteiger partial charge on any atom is 0.121 e. The highest BCUT2D eigenvalue weighted by Crippen LogP contribution is 2.17. The van der Waals surface area contributed by atoms with Crippen molar-refractivity contribution in [3.8, 4) is 11.4 Å². The van der Waals surface area contributed by atoms with Crippen molar-refractivity contribution < 1.29 is 9.47 Å². The highest BCUT2D eigenvalue weighted by atomic mass is 16.5. The summed E-state index contributed by atoms with van der Waals surface area (Å²) in [5, 5.41) is 4.46. The fourth-order valence-corrected chi connectivity index (χ4v) is 2.88. The van der Waals surface area contributed by atoms with Gasteiger partial charge in [0, 0.05) is 37.5 Å². The van der Waals surface area contributed by atoms with Gasteiger partial charge >= 0.3 is 0 Å². The summed E-state index contributed by atoms with van der Waals surface area (Å²) in [6.45, 7) is 3.78. The standard InChI is InChI=1S/C17H23N3O2/c1-19(10-14-6-7-22-13-14)11-15-9-18-20(12-15)16-4-3-5-17(8-16)21-2/h3-5,8-9,12,14H,6-7,10-11,13H2,1-2H3/t14-/m1/s1. The predicted octanol–water partition coefficient (Wildman–Crippen LogP) is 2.35. The molecular weight excluding hydrogens is 278 g/mol. The second-order valence-corrected chi connectivity index (χ2v) is 5.92. The molecule has 22 heavy (non-hydrogen) atoms. The second kappa shape index (κ2) is 6.94. The molecule has 0 saturated carbocycles. The van der Waals surface area contributed by atoms with Gasteiger partial charge in [-0.2, -0.15) is 5.10 Å². The second-order valence-electron chi connectivity index (χ2n) is 5.92. The van der Waals surface area contributed by atoms with Crippen LogP contribution in [0.25, 0.3) is 5.69 Å². The molecule has 2 aromatic rings. The van der Waals surface area contributed by atoms with E-state index in [0.29, 0.717) is 5.92 Å². The van der Waals surface area contributed by atoms with Crippen LogP contribution in [0.4, 0.5) is 0 Å². The molecule has 1 aromatic carbocycles. The third-order valence-electron chi connectivity index (χ3n) is 4.00. The Kier molecular flexibility index (Phi) is 4.75. The van der Waals surface area contributed by atoms with Crippen molar-refractivity contribution in [2.45, 2.75) is 13.0 Å². The minimum Gasteiger partial charge on any atom is -0.497 e. The van der Waals surface area contributed by atoms with Gasteiger partial charge in [0.2, 0.25) is 0 Å². The van der Waals surface area contributed by atoms with Crippen molar-refractivity contribution >= 4 is 0 Å². The van der Waals surface area contributed by atoms with Gasteiger partial charge in [0.05, 0.1) is 25.6 Å². The van der Waals surface area contributed by atoms with Crippen LogP contribution in [0.15, 0.2) is 36.7 Å². The molecule has 1 aromatic heterocycles. The van der Waals surface area contributed by atoms with E-state index in [-0.39, 0.29) is 0 Å². The zero-order valence-corrected chi connectivity index (χ0v) is 13.2. The maximum atomic E-state index is 5.44. The van der Waals surface area contributed by atoms with Crippen molar-refractivity contribution in [2.75, 3.05) is 33.9 Å². The Hall–Kier alpha value is -1.85. The first-order valence-electron chi connectivity index (χ1n) is 7.69. The van der Waals surface area contributed by atoms with E-state index in [1.807, 2.05) is 35.1 Å². The molecule has 1 aliphatic rings. The summed E-state index contributed by atoms with van der Waals surface area (Å²) >= 11 is 0. The lowest BCUT2D eigenvalue weighted by Crippen LogP contribution is -2.25. The van der Waals surface area contributed by atoms with Crippen LogP contribution < -0.4 is 4.74 Å². The maximum absolute atomic E-state index is 5.44. The molecule has 1 atom stereocenters. The van der Waals surface area contributed by atoms with E-state index in [1.165, 1.54) is 12.0 Å². The average molecular weight is 301 g/mol. The van der Waals surface area contributed by atoms with E-state index < -0.39 is 0 Å². The quantitative estimate of drug-likeness (QED) is 0.821. The lowest BCUT2D eigenvalue weighted by atomic mass is 10.1. The summed E-state index contributed by atoms with van der Waals surface area (Å²) in [6, 6.07) is 7.92. The Bertz CT molecular complexity index is 605. The number of hydrogen-bond acceptors (Lipinski definition) is 4. The van der Waals surface area contributed by atoms with Gasteiger partial charge in [-0.3, -0.25) is 0 Å². The predicted molar refractivity (Wildman–Crippen MR) is 85.4 cm³/mol. The van der Waals surface area contributed by atoms with Crippen LogP contribution in [0, 0.1) is 5.92 Å². The van der Waals surface area contributed by atoms with Crippen molar-refractivity contribution in [1.29, 1.82) is 0 Å². The van der Waals surface area contributed by atoms with Gasteiger partial charge in [-0.25, -0.2) is 4.68 Å². The largest absolute Gasteiger partial charge is 0.497 e. The topological polar surface area (TPSA) is 39.5 Å². The van der Waals surface area contributed by atoms with E-state index in [4.69, 9.17) is 9.47 Å². The van der Waals surface area contributed by atoms with Crippen LogP contribution >= 0.6 is 0 Å². The fourth-order valence-electron chi connectivity index (χ4n) is 2.88. The van der Waals surface area contributed by atoms with E-state index in [2.05, 4.69) is 23.2 Å². The zero-order chi connectivity index (χ0) is 15.4. The van der Waals surface area contributed by atoms with Gasteiger partial charge in [0.15, 0.2) is 0 Å². The zero-order valence-electron chi connectivity index (χ0n) is 13.2. The van der Waals surface area contributed by atoms with Crippen LogP contribution in [0.2, 0.25) is 0 Å². The molecule has 0 aliphatic carbocycles. The number of nitrogens with zero attached hydrogens (tertiary/aromatic N) is 3. The van der Waals surface area contributed by atoms with E-state index in [0.717, 1.165) is 37.7 Å². The first kappa shape index (κ1) is 15.1. The fraction of sp³-hybridized carbons (Fsp3) is 0.471. The smallest absolute Gasteiger partial charge is 0.121 e. The molecule has 5 nitrogen and oxygen atoms in total. The Morgan fingerprint density at radius 2 is 2.36 bits per heavy atom. The normalized spacial score (nSPS) is 18.0. The SMILES string of the molecule is COc1cccc(-n2cc(CN(C)C[C@H]3CCOC3)cn2)c1. The van der Waals surface area contributed by atoms with Crippen molar-refractivity contribution in [3.63, 3.8) is 0 Å². The number of ether oxygens (including phenoxy) is 2. The van der Waals surface area contributed by atoms with Crippen LogP contribution in [0.1, 0.15) is 12.0 Å². The Morgan fingerprint density at radius 3 is 3.14 bits per heavy atom. The molecule has 1 fully saturated rings. The molecule has 0 unspecified atom stereocenters. The number of hydrogen-bond donors (Lipinski definition) is 0. The number of aromatic nitrogens is 2. The van der Waals surface area contributed by atoms with E-state index >= 15 is 0 Å².